The van der Waals surface area contributed by atoms with E-state index in [4.69, 9.17) is 5.14 Å². The third kappa shape index (κ3) is 7.27. The van der Waals surface area contributed by atoms with E-state index in [1.54, 1.807) is 24.3 Å². The zero-order valence-electron chi connectivity index (χ0n) is 10.9. The lowest BCUT2D eigenvalue weighted by Crippen LogP contribution is -2.29. The first-order chi connectivity index (χ1) is 8.28. The van der Waals surface area contributed by atoms with Gasteiger partial charge in [0.15, 0.2) is 5.78 Å². The average molecular weight is 307 g/mol. The van der Waals surface area contributed by atoms with E-state index < -0.39 is 10.0 Å². The number of hydrogen-bond acceptors (Lipinski definition) is 4. The first-order valence-corrected chi connectivity index (χ1v) is 7.35. The molecular weight excluding hydrogens is 288 g/mol. The molecule has 0 aliphatic carbocycles. The van der Waals surface area contributed by atoms with Crippen LogP contribution in [-0.4, -0.2) is 26.8 Å². The zero-order valence-corrected chi connectivity index (χ0v) is 12.6. The lowest BCUT2D eigenvalue weighted by Gasteiger charge is -2.07. The Morgan fingerprint density at radius 2 is 1.79 bits per heavy atom. The Hall–Kier alpha value is -0.950. The minimum absolute atomic E-state index is 0. The number of hydrogen-bond donors (Lipinski definition) is 2. The molecule has 19 heavy (non-hydrogen) atoms. The highest BCUT2D eigenvalue weighted by atomic mass is 35.5. The molecule has 0 unspecified atom stereocenters. The number of benzene rings is 1. The Bertz CT molecular complexity index is 512. The van der Waals surface area contributed by atoms with Crippen LogP contribution >= 0.6 is 12.4 Å². The second-order valence-electron chi connectivity index (χ2n) is 4.46. The van der Waals surface area contributed by atoms with E-state index in [9.17, 15) is 13.2 Å². The molecule has 0 radical (unpaired) electrons. The maximum absolute atomic E-state index is 11.7. The van der Waals surface area contributed by atoms with E-state index in [0.29, 0.717) is 11.1 Å². The lowest BCUT2D eigenvalue weighted by atomic mass is 10.1. The summed E-state index contributed by atoms with van der Waals surface area (Å²) in [7, 11) is -3.53. The molecule has 0 saturated heterocycles. The number of primary sulfonamides is 1. The highest BCUT2D eigenvalue weighted by Gasteiger charge is 2.08. The summed E-state index contributed by atoms with van der Waals surface area (Å²) < 4.78 is 21.8. The molecule has 0 bridgehead atoms. The zero-order chi connectivity index (χ0) is 13.8. The van der Waals surface area contributed by atoms with Crippen molar-refractivity contribution in [1.29, 1.82) is 0 Å². The summed E-state index contributed by atoms with van der Waals surface area (Å²) in [4.78, 5) is 11.7. The van der Waals surface area contributed by atoms with Crippen molar-refractivity contribution in [2.75, 3.05) is 6.54 Å². The van der Waals surface area contributed by atoms with Crippen LogP contribution in [0.5, 0.6) is 0 Å². The van der Waals surface area contributed by atoms with Gasteiger partial charge in [-0.05, 0) is 5.56 Å². The van der Waals surface area contributed by atoms with Crippen molar-refractivity contribution >= 4 is 28.2 Å². The summed E-state index contributed by atoms with van der Waals surface area (Å²) in [5.74, 6) is -0.239. The topological polar surface area (TPSA) is 89.3 Å². The van der Waals surface area contributed by atoms with E-state index >= 15 is 0 Å². The van der Waals surface area contributed by atoms with Gasteiger partial charge in [-0.1, -0.05) is 38.1 Å². The van der Waals surface area contributed by atoms with Gasteiger partial charge in [0.05, 0.1) is 12.3 Å². The molecule has 0 spiro atoms. The second-order valence-corrected chi connectivity index (χ2v) is 6.08. The number of halogens is 1. The molecule has 0 heterocycles. The quantitative estimate of drug-likeness (QED) is 0.770. The Balaban J connectivity index is 0.00000324. The highest BCUT2D eigenvalue weighted by molar-refractivity contribution is 7.88. The monoisotopic (exact) mass is 306 g/mol. The molecule has 5 nitrogen and oxygen atoms in total. The molecule has 1 aromatic rings. The average Bonchev–Trinajstić information content (AvgIpc) is 2.24. The van der Waals surface area contributed by atoms with Crippen LogP contribution in [0, 0.1) is 0 Å². The molecule has 0 fully saturated rings. The largest absolute Gasteiger partial charge is 0.307 e. The first kappa shape index (κ1) is 18.0. The van der Waals surface area contributed by atoms with Crippen molar-refractivity contribution in [1.82, 2.24) is 5.32 Å². The predicted octanol–water partition coefficient (Wildman–Crippen LogP) is 1.08. The Labute approximate surface area is 120 Å². The van der Waals surface area contributed by atoms with Crippen molar-refractivity contribution in [2.24, 2.45) is 5.14 Å². The number of nitrogens with two attached hydrogens (primary N) is 1. The van der Waals surface area contributed by atoms with E-state index in [2.05, 4.69) is 5.32 Å². The second kappa shape index (κ2) is 7.59. The fraction of sp³-hybridized carbons (Fsp3) is 0.417. The molecule has 0 aliphatic heterocycles. The maximum Gasteiger partial charge on any atom is 0.213 e. The van der Waals surface area contributed by atoms with Crippen molar-refractivity contribution in [2.45, 2.75) is 25.6 Å². The van der Waals surface area contributed by atoms with Crippen LogP contribution in [0.1, 0.15) is 29.8 Å². The van der Waals surface area contributed by atoms with E-state index in [0.717, 1.165) is 0 Å². The van der Waals surface area contributed by atoms with Crippen LogP contribution in [0.4, 0.5) is 0 Å². The Morgan fingerprint density at radius 3 is 2.21 bits per heavy atom. The molecule has 0 aromatic heterocycles. The summed E-state index contributed by atoms with van der Waals surface area (Å²) in [6.45, 7) is 4.19. The number of sulfonamides is 1. The van der Waals surface area contributed by atoms with Gasteiger partial charge >= 0.3 is 0 Å². The van der Waals surface area contributed by atoms with E-state index in [1.807, 2.05) is 13.8 Å². The smallest absolute Gasteiger partial charge is 0.213 e. The van der Waals surface area contributed by atoms with Crippen molar-refractivity contribution in [3.63, 3.8) is 0 Å². The Kier molecular flexibility index (Phi) is 7.21. The molecule has 1 aromatic carbocycles. The number of Topliss-reactive ketones (excluding diaryl/α,β-unsaturated/α-hetero) is 1. The fourth-order valence-electron chi connectivity index (χ4n) is 1.42. The van der Waals surface area contributed by atoms with Crippen LogP contribution in [0.2, 0.25) is 0 Å². The van der Waals surface area contributed by atoms with Crippen molar-refractivity contribution in [3.8, 4) is 0 Å². The third-order valence-corrected chi connectivity index (χ3v) is 3.05. The predicted molar refractivity (Wildman–Crippen MR) is 78.0 cm³/mol. The van der Waals surface area contributed by atoms with E-state index in [-0.39, 0.29) is 36.5 Å². The Morgan fingerprint density at radius 1 is 1.26 bits per heavy atom. The van der Waals surface area contributed by atoms with Gasteiger partial charge in [0.2, 0.25) is 10.0 Å². The summed E-state index contributed by atoms with van der Waals surface area (Å²) >= 11 is 0. The summed E-state index contributed by atoms with van der Waals surface area (Å²) in [5, 5.41) is 7.97. The summed E-state index contributed by atoms with van der Waals surface area (Å²) in [5.41, 5.74) is 1.13. The van der Waals surface area contributed by atoms with Crippen LogP contribution < -0.4 is 10.5 Å². The SMILES string of the molecule is CC(C)NCC(=O)c1ccc(CS(N)(=O)=O)cc1.Cl. The third-order valence-electron chi connectivity index (χ3n) is 2.31. The van der Waals surface area contributed by atoms with Crippen LogP contribution in [0.3, 0.4) is 0 Å². The van der Waals surface area contributed by atoms with Crippen molar-refractivity contribution < 1.29 is 13.2 Å². The molecule has 7 heteroatoms. The number of carbonyl (C=O) groups excluding carboxylic acids is 1. The van der Waals surface area contributed by atoms with E-state index in [1.165, 1.54) is 0 Å². The van der Waals surface area contributed by atoms with Gasteiger partial charge in [-0.25, -0.2) is 13.6 Å². The van der Waals surface area contributed by atoms with Gasteiger partial charge in [-0.2, -0.15) is 0 Å². The van der Waals surface area contributed by atoms with Gasteiger partial charge < -0.3 is 5.32 Å². The number of nitrogens with one attached hydrogen (secondary N) is 1. The molecular formula is C12H19ClN2O3S. The molecule has 1 rings (SSSR count). The molecule has 0 atom stereocenters. The van der Waals surface area contributed by atoms with Gasteiger partial charge in [0.1, 0.15) is 0 Å². The maximum atomic E-state index is 11.7. The number of carbonyl (C=O) groups is 1. The van der Waals surface area contributed by atoms with Gasteiger partial charge in [-0.3, -0.25) is 4.79 Å². The van der Waals surface area contributed by atoms with Gasteiger partial charge in [0, 0.05) is 11.6 Å². The summed E-state index contributed by atoms with van der Waals surface area (Å²) in [6.07, 6.45) is 0. The molecule has 0 saturated carbocycles. The molecule has 108 valence electrons. The van der Waals surface area contributed by atoms with Crippen LogP contribution in [-0.2, 0) is 15.8 Å². The van der Waals surface area contributed by atoms with Crippen molar-refractivity contribution in [3.05, 3.63) is 35.4 Å². The molecule has 0 amide bonds. The first-order valence-electron chi connectivity index (χ1n) is 5.64. The minimum Gasteiger partial charge on any atom is -0.307 e. The number of rotatable bonds is 6. The van der Waals surface area contributed by atoms with Gasteiger partial charge in [-0.15, -0.1) is 12.4 Å². The standard InChI is InChI=1S/C12H18N2O3S.ClH/c1-9(2)14-7-12(15)11-5-3-10(4-6-11)8-18(13,16)17;/h3-6,9,14H,7-8H2,1-2H3,(H2,13,16,17);1H. The molecule has 3 N–H and O–H groups in total. The summed E-state index contributed by atoms with van der Waals surface area (Å²) in [6, 6.07) is 6.69. The highest BCUT2D eigenvalue weighted by Crippen LogP contribution is 2.07. The normalized spacial score (nSPS) is 11.2. The minimum atomic E-state index is -3.53. The fourth-order valence-corrected chi connectivity index (χ4v) is 2.08. The molecule has 0 aliphatic rings. The lowest BCUT2D eigenvalue weighted by molar-refractivity contribution is 0.0988. The van der Waals surface area contributed by atoms with Crippen LogP contribution in [0.15, 0.2) is 24.3 Å². The number of ketones is 1. The van der Waals surface area contributed by atoms with Crippen LogP contribution in [0.25, 0.3) is 0 Å². The van der Waals surface area contributed by atoms with Gasteiger partial charge in [0.25, 0.3) is 0 Å².